The predicted molar refractivity (Wildman–Crippen MR) is 55.9 cm³/mol. The van der Waals surface area contributed by atoms with E-state index < -0.39 is 0 Å². The summed E-state index contributed by atoms with van der Waals surface area (Å²) >= 11 is 0. The molecule has 0 aromatic heterocycles. The Bertz CT molecular complexity index is 130. The van der Waals surface area contributed by atoms with Gasteiger partial charge in [-0.2, -0.15) is 0 Å². The van der Waals surface area contributed by atoms with Gasteiger partial charge in [0.1, 0.15) is 0 Å². The summed E-state index contributed by atoms with van der Waals surface area (Å²) in [6.07, 6.45) is 4.19. The van der Waals surface area contributed by atoms with Crippen molar-refractivity contribution < 1.29 is 4.74 Å². The van der Waals surface area contributed by atoms with Gasteiger partial charge in [0.2, 0.25) is 0 Å². The third kappa shape index (κ3) is 4.63. The monoisotopic (exact) mass is 185 g/mol. The van der Waals surface area contributed by atoms with Crippen molar-refractivity contribution in [3.05, 3.63) is 0 Å². The second-order valence-corrected chi connectivity index (χ2v) is 4.57. The van der Waals surface area contributed by atoms with E-state index >= 15 is 0 Å². The normalized spacial score (nSPS) is 25.4. The van der Waals surface area contributed by atoms with Gasteiger partial charge in [-0.05, 0) is 38.6 Å². The summed E-state index contributed by atoms with van der Waals surface area (Å²) in [7, 11) is 0. The lowest BCUT2D eigenvalue weighted by atomic mass is 10.1. The summed E-state index contributed by atoms with van der Waals surface area (Å²) in [5.74, 6) is 0.742. The van der Waals surface area contributed by atoms with Gasteiger partial charge in [0, 0.05) is 6.04 Å². The van der Waals surface area contributed by atoms with Crippen LogP contribution in [-0.2, 0) is 4.74 Å². The van der Waals surface area contributed by atoms with Crippen LogP contribution < -0.4 is 5.32 Å². The molecule has 0 saturated carbocycles. The largest absolute Gasteiger partial charge is 0.377 e. The Hall–Kier alpha value is -0.0800. The van der Waals surface area contributed by atoms with Crippen LogP contribution in [0.4, 0.5) is 0 Å². The Morgan fingerprint density at radius 2 is 2.15 bits per heavy atom. The third-order valence-corrected chi connectivity index (χ3v) is 2.55. The van der Waals surface area contributed by atoms with Crippen molar-refractivity contribution in [1.29, 1.82) is 0 Å². The zero-order valence-electron chi connectivity index (χ0n) is 9.18. The van der Waals surface area contributed by atoms with Crippen molar-refractivity contribution in [2.45, 2.75) is 52.2 Å². The van der Waals surface area contributed by atoms with Crippen LogP contribution >= 0.6 is 0 Å². The molecule has 0 bridgehead atoms. The Kier molecular flexibility index (Phi) is 4.74. The van der Waals surface area contributed by atoms with Crippen molar-refractivity contribution in [3.8, 4) is 0 Å². The van der Waals surface area contributed by atoms with E-state index in [-0.39, 0.29) is 0 Å². The molecule has 0 radical (unpaired) electrons. The van der Waals surface area contributed by atoms with Gasteiger partial charge >= 0.3 is 0 Å². The minimum absolute atomic E-state index is 0.419. The molecule has 2 atom stereocenters. The highest BCUT2D eigenvalue weighted by atomic mass is 16.5. The van der Waals surface area contributed by atoms with Crippen LogP contribution in [0.3, 0.4) is 0 Å². The van der Waals surface area contributed by atoms with Crippen LogP contribution in [0.5, 0.6) is 0 Å². The van der Waals surface area contributed by atoms with Gasteiger partial charge in [0.25, 0.3) is 0 Å². The maximum Gasteiger partial charge on any atom is 0.0623 e. The fourth-order valence-corrected chi connectivity index (χ4v) is 1.91. The van der Waals surface area contributed by atoms with Crippen molar-refractivity contribution in [1.82, 2.24) is 5.32 Å². The summed E-state index contributed by atoms with van der Waals surface area (Å²) in [5.41, 5.74) is 0. The SMILES string of the molecule is CC(C)CC(C)OC[C@H]1CCCN1. The van der Waals surface area contributed by atoms with Crippen LogP contribution in [0.25, 0.3) is 0 Å². The van der Waals surface area contributed by atoms with E-state index in [2.05, 4.69) is 26.1 Å². The molecule has 2 nitrogen and oxygen atoms in total. The topological polar surface area (TPSA) is 21.3 Å². The van der Waals surface area contributed by atoms with E-state index in [1.165, 1.54) is 25.8 Å². The van der Waals surface area contributed by atoms with Gasteiger partial charge in [-0.1, -0.05) is 13.8 Å². The lowest BCUT2D eigenvalue weighted by Gasteiger charge is -2.18. The summed E-state index contributed by atoms with van der Waals surface area (Å²) in [6, 6.07) is 0.620. The van der Waals surface area contributed by atoms with Crippen LogP contribution in [0.15, 0.2) is 0 Å². The predicted octanol–water partition coefficient (Wildman–Crippen LogP) is 2.19. The molecule has 1 N–H and O–H groups in total. The molecule has 2 heteroatoms. The molecule has 78 valence electrons. The number of ether oxygens (including phenoxy) is 1. The smallest absolute Gasteiger partial charge is 0.0623 e. The molecule has 0 aromatic rings. The van der Waals surface area contributed by atoms with Crippen LogP contribution in [-0.4, -0.2) is 25.3 Å². The number of nitrogens with one attached hydrogen (secondary N) is 1. The zero-order valence-corrected chi connectivity index (χ0v) is 9.18. The maximum absolute atomic E-state index is 5.77. The minimum Gasteiger partial charge on any atom is -0.377 e. The molecule has 0 aromatic carbocycles. The highest BCUT2D eigenvalue weighted by Crippen LogP contribution is 2.10. The van der Waals surface area contributed by atoms with E-state index in [1.807, 2.05) is 0 Å². The molecule has 0 amide bonds. The second kappa shape index (κ2) is 5.61. The number of hydrogen-bond acceptors (Lipinski definition) is 2. The van der Waals surface area contributed by atoms with E-state index in [1.54, 1.807) is 0 Å². The van der Waals surface area contributed by atoms with Crippen molar-refractivity contribution in [2.24, 2.45) is 5.92 Å². The standard InChI is InChI=1S/C11H23NO/c1-9(2)7-10(3)13-8-11-5-4-6-12-11/h9-12H,4-8H2,1-3H3/t10?,11-/m1/s1. The summed E-state index contributed by atoms with van der Waals surface area (Å²) in [4.78, 5) is 0. The average molecular weight is 185 g/mol. The molecule has 1 aliphatic heterocycles. The lowest BCUT2D eigenvalue weighted by Crippen LogP contribution is -2.29. The van der Waals surface area contributed by atoms with Crippen molar-refractivity contribution in [2.75, 3.05) is 13.2 Å². The van der Waals surface area contributed by atoms with Crippen molar-refractivity contribution >= 4 is 0 Å². The zero-order chi connectivity index (χ0) is 9.68. The molecule has 1 unspecified atom stereocenters. The molecule has 1 aliphatic rings. The second-order valence-electron chi connectivity index (χ2n) is 4.57. The molecule has 1 saturated heterocycles. The molecule has 1 heterocycles. The highest BCUT2D eigenvalue weighted by molar-refractivity contribution is 4.73. The van der Waals surface area contributed by atoms with Gasteiger partial charge in [-0.15, -0.1) is 0 Å². The molecule has 1 rings (SSSR count). The summed E-state index contributed by atoms with van der Waals surface area (Å²) < 4.78 is 5.77. The molecule has 0 spiro atoms. The quantitative estimate of drug-likeness (QED) is 0.709. The average Bonchev–Trinajstić information content (AvgIpc) is 2.51. The Balaban J connectivity index is 2.03. The maximum atomic E-state index is 5.77. The summed E-state index contributed by atoms with van der Waals surface area (Å²) in [5, 5.41) is 3.44. The van der Waals surface area contributed by atoms with E-state index in [4.69, 9.17) is 4.74 Å². The van der Waals surface area contributed by atoms with Gasteiger partial charge in [0.15, 0.2) is 0 Å². The molecule has 1 fully saturated rings. The summed E-state index contributed by atoms with van der Waals surface area (Å²) in [6.45, 7) is 8.73. The molecule has 13 heavy (non-hydrogen) atoms. The third-order valence-electron chi connectivity index (χ3n) is 2.55. The first-order chi connectivity index (χ1) is 6.18. The van der Waals surface area contributed by atoms with Crippen LogP contribution in [0.1, 0.15) is 40.0 Å². The van der Waals surface area contributed by atoms with Crippen LogP contribution in [0.2, 0.25) is 0 Å². The van der Waals surface area contributed by atoms with Gasteiger partial charge in [-0.3, -0.25) is 0 Å². The van der Waals surface area contributed by atoms with Crippen LogP contribution in [0, 0.1) is 5.92 Å². The number of rotatable bonds is 5. The molecular weight excluding hydrogens is 162 g/mol. The first-order valence-corrected chi connectivity index (χ1v) is 5.53. The van der Waals surface area contributed by atoms with Gasteiger partial charge < -0.3 is 10.1 Å². The minimum atomic E-state index is 0.419. The Morgan fingerprint density at radius 1 is 1.38 bits per heavy atom. The van der Waals surface area contributed by atoms with Gasteiger partial charge in [0.05, 0.1) is 12.7 Å². The van der Waals surface area contributed by atoms with E-state index in [0.717, 1.165) is 12.5 Å². The van der Waals surface area contributed by atoms with Gasteiger partial charge in [-0.25, -0.2) is 0 Å². The first kappa shape index (κ1) is 11.0. The Morgan fingerprint density at radius 3 is 2.69 bits per heavy atom. The lowest BCUT2D eigenvalue weighted by molar-refractivity contribution is 0.0403. The Labute approximate surface area is 82.0 Å². The van der Waals surface area contributed by atoms with E-state index in [0.29, 0.717) is 12.1 Å². The highest BCUT2D eigenvalue weighted by Gasteiger charge is 2.15. The number of hydrogen-bond donors (Lipinski definition) is 1. The molecular formula is C11H23NO. The fraction of sp³-hybridized carbons (Fsp3) is 1.00. The fourth-order valence-electron chi connectivity index (χ4n) is 1.91. The van der Waals surface area contributed by atoms with Crippen molar-refractivity contribution in [3.63, 3.8) is 0 Å². The first-order valence-electron chi connectivity index (χ1n) is 5.53. The van der Waals surface area contributed by atoms with E-state index in [9.17, 15) is 0 Å². The molecule has 0 aliphatic carbocycles.